The van der Waals surface area contributed by atoms with Gasteiger partial charge in [-0.15, -0.1) is 0 Å². The second-order valence-corrected chi connectivity index (χ2v) is 8.53. The van der Waals surface area contributed by atoms with Crippen molar-refractivity contribution in [3.05, 3.63) is 82.2 Å². The van der Waals surface area contributed by atoms with E-state index < -0.39 is 12.1 Å². The maximum absolute atomic E-state index is 15.0. The van der Waals surface area contributed by atoms with Crippen LogP contribution in [0.4, 0.5) is 4.39 Å². The summed E-state index contributed by atoms with van der Waals surface area (Å²) in [4.78, 5) is 11.1. The van der Waals surface area contributed by atoms with Crippen LogP contribution in [0.25, 0.3) is 11.1 Å². The fourth-order valence-electron chi connectivity index (χ4n) is 4.97. The molecule has 0 aromatic heterocycles. The van der Waals surface area contributed by atoms with E-state index in [-0.39, 0.29) is 18.2 Å². The van der Waals surface area contributed by atoms with Gasteiger partial charge in [-0.05, 0) is 60.2 Å². The molecule has 1 heterocycles. The van der Waals surface area contributed by atoms with Crippen LogP contribution in [0.1, 0.15) is 52.7 Å². The number of fused-ring (bicyclic) bond motifs is 2. The van der Waals surface area contributed by atoms with Crippen molar-refractivity contribution in [1.29, 1.82) is 5.26 Å². The Kier molecular flexibility index (Phi) is 5.26. The van der Waals surface area contributed by atoms with E-state index in [2.05, 4.69) is 6.07 Å². The van der Waals surface area contributed by atoms with Crippen LogP contribution in [-0.4, -0.2) is 17.7 Å². The van der Waals surface area contributed by atoms with E-state index in [0.717, 1.165) is 27.8 Å². The molecule has 1 aliphatic heterocycles. The highest BCUT2D eigenvalue weighted by molar-refractivity contribution is 5.75. The van der Waals surface area contributed by atoms with Crippen LogP contribution in [0, 0.1) is 24.1 Å². The second-order valence-electron chi connectivity index (χ2n) is 8.53. The number of nitrogens with zero attached hydrogens (tertiary/aromatic N) is 1. The highest BCUT2D eigenvalue weighted by atomic mass is 19.1. The maximum Gasteiger partial charge on any atom is 0.304 e. The molecule has 166 valence electrons. The highest BCUT2D eigenvalue weighted by Crippen LogP contribution is 2.44. The molecule has 0 fully saturated rings. The van der Waals surface area contributed by atoms with Crippen LogP contribution in [0.15, 0.2) is 48.5 Å². The number of benzene rings is 3. The first-order valence-corrected chi connectivity index (χ1v) is 10.9. The third-order valence-electron chi connectivity index (χ3n) is 6.59. The summed E-state index contributed by atoms with van der Waals surface area (Å²) in [6.45, 7) is 2.24. The summed E-state index contributed by atoms with van der Waals surface area (Å²) in [5.74, 6) is -0.151. The number of nitriles is 1. The van der Waals surface area contributed by atoms with E-state index in [1.165, 1.54) is 6.07 Å². The van der Waals surface area contributed by atoms with Crippen molar-refractivity contribution in [1.82, 2.24) is 0 Å². The Morgan fingerprint density at radius 1 is 1.24 bits per heavy atom. The lowest BCUT2D eigenvalue weighted by molar-refractivity contribution is -0.137. The second kappa shape index (κ2) is 8.25. The van der Waals surface area contributed by atoms with Crippen molar-refractivity contribution < 1.29 is 23.8 Å². The molecular weight excluding hydrogens is 421 g/mol. The Bertz CT molecular complexity index is 1310. The van der Waals surface area contributed by atoms with Gasteiger partial charge in [0.05, 0.1) is 24.7 Å². The zero-order valence-corrected chi connectivity index (χ0v) is 18.1. The molecule has 2 aliphatic rings. The summed E-state index contributed by atoms with van der Waals surface area (Å²) in [6.07, 6.45) is 0.892. The Labute approximate surface area is 191 Å². The zero-order valence-electron chi connectivity index (χ0n) is 18.1. The molecule has 5 rings (SSSR count). The molecular formula is C27H22FNO4. The standard InChI is InChI=1S/C27H22FNO4/c1-15-16(13-29)3-2-4-19(15)21-7-9-23(28)27-22(21)8-10-24(27)33-18-5-6-20-17(11-26(30)31)14-32-25(20)12-18/h2-7,9,12,17,24H,8,10-11,14H2,1H3,(H,30,31)/t17-,24-/m1/s1. The van der Waals surface area contributed by atoms with Crippen LogP contribution < -0.4 is 9.47 Å². The summed E-state index contributed by atoms with van der Waals surface area (Å²) in [7, 11) is 0. The predicted molar refractivity (Wildman–Crippen MR) is 120 cm³/mol. The molecule has 1 aliphatic carbocycles. The number of carboxylic acid groups (broad SMARTS) is 1. The van der Waals surface area contributed by atoms with Gasteiger partial charge in [0.2, 0.25) is 0 Å². The normalized spacial score (nSPS) is 18.2. The molecule has 3 aromatic carbocycles. The average molecular weight is 443 g/mol. The summed E-state index contributed by atoms with van der Waals surface area (Å²) in [5, 5.41) is 18.5. The molecule has 6 heteroatoms. The van der Waals surface area contributed by atoms with Crippen molar-refractivity contribution in [3.63, 3.8) is 0 Å². The van der Waals surface area contributed by atoms with Crippen LogP contribution in [0.2, 0.25) is 0 Å². The number of aliphatic carboxylic acids is 1. The van der Waals surface area contributed by atoms with Gasteiger partial charge in [0, 0.05) is 23.1 Å². The number of carboxylic acids is 1. The molecule has 0 saturated carbocycles. The summed E-state index contributed by atoms with van der Waals surface area (Å²) < 4.78 is 26.8. The summed E-state index contributed by atoms with van der Waals surface area (Å²) in [5.41, 5.74) is 5.68. The molecule has 2 atom stereocenters. The Hall–Kier alpha value is -3.85. The first-order valence-electron chi connectivity index (χ1n) is 10.9. The molecule has 33 heavy (non-hydrogen) atoms. The van der Waals surface area contributed by atoms with Gasteiger partial charge < -0.3 is 14.6 Å². The number of hydrogen-bond donors (Lipinski definition) is 1. The van der Waals surface area contributed by atoms with Gasteiger partial charge in [0.15, 0.2) is 0 Å². The van der Waals surface area contributed by atoms with Gasteiger partial charge in [0.1, 0.15) is 23.4 Å². The molecule has 0 unspecified atom stereocenters. The molecule has 0 saturated heterocycles. The minimum atomic E-state index is -0.860. The van der Waals surface area contributed by atoms with Crippen LogP contribution in [0.3, 0.4) is 0 Å². The third kappa shape index (κ3) is 3.70. The quantitative estimate of drug-likeness (QED) is 0.548. The fourth-order valence-corrected chi connectivity index (χ4v) is 4.97. The van der Waals surface area contributed by atoms with E-state index in [0.29, 0.717) is 42.1 Å². The highest BCUT2D eigenvalue weighted by Gasteiger charge is 2.32. The molecule has 0 radical (unpaired) electrons. The van der Waals surface area contributed by atoms with Crippen molar-refractivity contribution >= 4 is 5.97 Å². The first-order chi connectivity index (χ1) is 16.0. The van der Waals surface area contributed by atoms with Crippen molar-refractivity contribution in [3.8, 4) is 28.7 Å². The Morgan fingerprint density at radius 2 is 2.09 bits per heavy atom. The number of rotatable bonds is 5. The average Bonchev–Trinajstić information content (AvgIpc) is 3.39. The van der Waals surface area contributed by atoms with Gasteiger partial charge in [-0.1, -0.05) is 24.3 Å². The molecule has 0 spiro atoms. The van der Waals surface area contributed by atoms with Crippen LogP contribution in [0.5, 0.6) is 11.5 Å². The lowest BCUT2D eigenvalue weighted by Gasteiger charge is -2.18. The maximum atomic E-state index is 15.0. The SMILES string of the molecule is Cc1c(C#N)cccc1-c1ccc(F)c2c1CC[C@H]2Oc1ccc2c(c1)OC[C@H]2CC(=O)O. The van der Waals surface area contributed by atoms with Crippen molar-refractivity contribution in [2.45, 2.75) is 38.2 Å². The summed E-state index contributed by atoms with van der Waals surface area (Å²) in [6, 6.07) is 16.5. The molecule has 1 N–H and O–H groups in total. The monoisotopic (exact) mass is 443 g/mol. The minimum Gasteiger partial charge on any atom is -0.492 e. The molecule has 0 amide bonds. The molecule has 3 aromatic rings. The van der Waals surface area contributed by atoms with E-state index in [1.54, 1.807) is 24.3 Å². The van der Waals surface area contributed by atoms with Crippen LogP contribution >= 0.6 is 0 Å². The Morgan fingerprint density at radius 3 is 2.88 bits per heavy atom. The largest absolute Gasteiger partial charge is 0.492 e. The lowest BCUT2D eigenvalue weighted by atomic mass is 9.91. The lowest BCUT2D eigenvalue weighted by Crippen LogP contribution is -2.07. The van der Waals surface area contributed by atoms with Gasteiger partial charge in [-0.2, -0.15) is 5.26 Å². The molecule has 0 bridgehead atoms. The number of ether oxygens (including phenoxy) is 2. The van der Waals surface area contributed by atoms with Crippen LogP contribution in [-0.2, 0) is 11.2 Å². The van der Waals surface area contributed by atoms with Crippen molar-refractivity contribution in [2.75, 3.05) is 6.61 Å². The van der Waals surface area contributed by atoms with Gasteiger partial charge >= 0.3 is 5.97 Å². The Balaban J connectivity index is 1.45. The summed E-state index contributed by atoms with van der Waals surface area (Å²) >= 11 is 0. The third-order valence-corrected chi connectivity index (χ3v) is 6.59. The van der Waals surface area contributed by atoms with E-state index in [4.69, 9.17) is 14.6 Å². The first kappa shape index (κ1) is 21.0. The topological polar surface area (TPSA) is 79.5 Å². The van der Waals surface area contributed by atoms with Gasteiger partial charge in [0.25, 0.3) is 0 Å². The van der Waals surface area contributed by atoms with Gasteiger partial charge in [-0.3, -0.25) is 4.79 Å². The zero-order chi connectivity index (χ0) is 23.1. The smallest absolute Gasteiger partial charge is 0.304 e. The minimum absolute atomic E-state index is 0.0175. The number of hydrogen-bond acceptors (Lipinski definition) is 4. The van der Waals surface area contributed by atoms with Gasteiger partial charge in [-0.25, -0.2) is 4.39 Å². The number of carbonyl (C=O) groups is 1. The van der Waals surface area contributed by atoms with E-state index in [9.17, 15) is 14.4 Å². The fraction of sp³-hybridized carbons (Fsp3) is 0.259. The van der Waals surface area contributed by atoms with Crippen molar-refractivity contribution in [2.24, 2.45) is 0 Å². The molecule has 5 nitrogen and oxygen atoms in total. The number of halogens is 1. The predicted octanol–water partition coefficient (Wildman–Crippen LogP) is 5.69. The van der Waals surface area contributed by atoms with E-state index >= 15 is 0 Å². The van der Waals surface area contributed by atoms with E-state index in [1.807, 2.05) is 25.1 Å².